The molecule has 102 valence electrons. The van der Waals surface area contributed by atoms with Crippen molar-refractivity contribution in [3.05, 3.63) is 29.3 Å². The van der Waals surface area contributed by atoms with Crippen LogP contribution in [0.3, 0.4) is 0 Å². The van der Waals surface area contributed by atoms with Gasteiger partial charge in [-0.25, -0.2) is 0 Å². The van der Waals surface area contributed by atoms with Crippen molar-refractivity contribution in [3.63, 3.8) is 0 Å². The second-order valence-electron chi connectivity index (χ2n) is 4.63. The molecule has 1 aliphatic heterocycles. The first-order valence-corrected chi connectivity index (χ1v) is 6.32. The summed E-state index contributed by atoms with van der Waals surface area (Å²) in [6, 6.07) is 5.47. The van der Waals surface area contributed by atoms with Crippen LogP contribution in [0.4, 0.5) is 0 Å². The molecule has 1 heterocycles. The summed E-state index contributed by atoms with van der Waals surface area (Å²) in [5.74, 6) is 0.273. The molecule has 0 bridgehead atoms. The molecule has 1 N–H and O–H groups in total. The van der Waals surface area contributed by atoms with Crippen LogP contribution in [0.2, 0.25) is 0 Å². The van der Waals surface area contributed by atoms with Gasteiger partial charge in [-0.15, -0.1) is 0 Å². The van der Waals surface area contributed by atoms with E-state index in [1.807, 2.05) is 13.0 Å². The lowest BCUT2D eigenvalue weighted by Crippen LogP contribution is -2.37. The van der Waals surface area contributed by atoms with Gasteiger partial charge in [-0.2, -0.15) is 0 Å². The minimum atomic E-state index is -0.155. The lowest BCUT2D eigenvalue weighted by molar-refractivity contribution is -0.121. The molecule has 2 rings (SSSR count). The SMILES string of the molecule is COc1ccc(C)cc1C(=O)N1CCCNC(=O)C1. The Hall–Kier alpha value is -2.04. The fourth-order valence-corrected chi connectivity index (χ4v) is 2.14. The molecule has 2 amide bonds. The maximum atomic E-state index is 12.5. The topological polar surface area (TPSA) is 58.6 Å². The van der Waals surface area contributed by atoms with E-state index in [4.69, 9.17) is 4.74 Å². The van der Waals surface area contributed by atoms with Gasteiger partial charge in [-0.05, 0) is 25.5 Å². The average molecular weight is 262 g/mol. The van der Waals surface area contributed by atoms with Gasteiger partial charge < -0.3 is 15.0 Å². The van der Waals surface area contributed by atoms with Crippen LogP contribution in [0.5, 0.6) is 5.75 Å². The Morgan fingerprint density at radius 1 is 1.42 bits per heavy atom. The van der Waals surface area contributed by atoms with Gasteiger partial charge >= 0.3 is 0 Å². The van der Waals surface area contributed by atoms with Gasteiger partial charge in [0.15, 0.2) is 0 Å². The Morgan fingerprint density at radius 3 is 2.95 bits per heavy atom. The zero-order valence-corrected chi connectivity index (χ0v) is 11.2. The Balaban J connectivity index is 2.27. The normalized spacial score (nSPS) is 15.7. The smallest absolute Gasteiger partial charge is 0.258 e. The molecule has 1 fully saturated rings. The molecule has 0 aromatic heterocycles. The van der Waals surface area contributed by atoms with Gasteiger partial charge in [0.2, 0.25) is 5.91 Å². The molecule has 1 aromatic carbocycles. The van der Waals surface area contributed by atoms with Gasteiger partial charge in [0, 0.05) is 13.1 Å². The van der Waals surface area contributed by atoms with E-state index in [0.29, 0.717) is 24.4 Å². The van der Waals surface area contributed by atoms with Crippen LogP contribution in [-0.4, -0.2) is 43.5 Å². The van der Waals surface area contributed by atoms with E-state index >= 15 is 0 Å². The van der Waals surface area contributed by atoms with Crippen molar-refractivity contribution >= 4 is 11.8 Å². The predicted molar refractivity (Wildman–Crippen MR) is 71.3 cm³/mol. The van der Waals surface area contributed by atoms with Crippen LogP contribution in [0.25, 0.3) is 0 Å². The van der Waals surface area contributed by atoms with Gasteiger partial charge in [-0.3, -0.25) is 9.59 Å². The number of nitrogens with zero attached hydrogens (tertiary/aromatic N) is 1. The van der Waals surface area contributed by atoms with Gasteiger partial charge in [0.05, 0.1) is 19.2 Å². The monoisotopic (exact) mass is 262 g/mol. The fraction of sp³-hybridized carbons (Fsp3) is 0.429. The molecular weight excluding hydrogens is 244 g/mol. The number of amides is 2. The number of hydrogen-bond donors (Lipinski definition) is 1. The highest BCUT2D eigenvalue weighted by Gasteiger charge is 2.23. The van der Waals surface area contributed by atoms with E-state index in [-0.39, 0.29) is 18.4 Å². The summed E-state index contributed by atoms with van der Waals surface area (Å²) in [5, 5.41) is 2.76. The first-order chi connectivity index (χ1) is 9.11. The average Bonchev–Trinajstić information content (AvgIpc) is 2.62. The van der Waals surface area contributed by atoms with E-state index in [1.54, 1.807) is 17.0 Å². The number of nitrogens with one attached hydrogen (secondary N) is 1. The Bertz CT molecular complexity index is 499. The summed E-state index contributed by atoms with van der Waals surface area (Å²) in [4.78, 5) is 25.6. The predicted octanol–water partition coefficient (Wildman–Crippen LogP) is 0.966. The maximum Gasteiger partial charge on any atom is 0.258 e. The summed E-state index contributed by atoms with van der Waals surface area (Å²) in [6.07, 6.45) is 0.769. The molecule has 5 nitrogen and oxygen atoms in total. The number of carbonyl (C=O) groups is 2. The standard InChI is InChI=1S/C14H18N2O3/c1-10-4-5-12(19-2)11(8-10)14(18)16-7-3-6-15-13(17)9-16/h4-5,8H,3,6-7,9H2,1-2H3,(H,15,17). The number of rotatable bonds is 2. The quantitative estimate of drug-likeness (QED) is 0.864. The van der Waals surface area contributed by atoms with Gasteiger partial charge in [-0.1, -0.05) is 11.6 Å². The first kappa shape index (κ1) is 13.4. The highest BCUT2D eigenvalue weighted by atomic mass is 16.5. The molecule has 5 heteroatoms. The third-order valence-corrected chi connectivity index (χ3v) is 3.13. The largest absolute Gasteiger partial charge is 0.496 e. The van der Waals surface area contributed by atoms with Crippen LogP contribution < -0.4 is 10.1 Å². The van der Waals surface area contributed by atoms with E-state index in [1.165, 1.54) is 7.11 Å². The van der Waals surface area contributed by atoms with Crippen molar-refractivity contribution in [1.82, 2.24) is 10.2 Å². The van der Waals surface area contributed by atoms with E-state index < -0.39 is 0 Å². The number of benzene rings is 1. The molecule has 19 heavy (non-hydrogen) atoms. The fourth-order valence-electron chi connectivity index (χ4n) is 2.14. The molecule has 0 saturated carbocycles. The van der Waals surface area contributed by atoms with E-state index in [0.717, 1.165) is 12.0 Å². The van der Waals surface area contributed by atoms with Crippen LogP contribution in [0.1, 0.15) is 22.3 Å². The Morgan fingerprint density at radius 2 is 2.21 bits per heavy atom. The highest BCUT2D eigenvalue weighted by molar-refractivity contribution is 5.99. The van der Waals surface area contributed by atoms with Crippen LogP contribution >= 0.6 is 0 Å². The summed E-state index contributed by atoms with van der Waals surface area (Å²) in [5.41, 5.74) is 1.50. The van der Waals surface area contributed by atoms with Crippen molar-refractivity contribution in [2.24, 2.45) is 0 Å². The number of aryl methyl sites for hydroxylation is 1. The minimum absolute atomic E-state index is 0.107. The lowest BCUT2D eigenvalue weighted by Gasteiger charge is -2.20. The number of hydrogen-bond acceptors (Lipinski definition) is 3. The first-order valence-electron chi connectivity index (χ1n) is 6.32. The van der Waals surface area contributed by atoms with Crippen molar-refractivity contribution in [1.29, 1.82) is 0 Å². The molecule has 0 unspecified atom stereocenters. The number of methoxy groups -OCH3 is 1. The van der Waals surface area contributed by atoms with Gasteiger partial charge in [0.25, 0.3) is 5.91 Å². The maximum absolute atomic E-state index is 12.5. The summed E-state index contributed by atoms with van der Waals surface area (Å²) in [7, 11) is 1.54. The summed E-state index contributed by atoms with van der Waals surface area (Å²) < 4.78 is 5.22. The van der Waals surface area contributed by atoms with Crippen molar-refractivity contribution < 1.29 is 14.3 Å². The van der Waals surface area contributed by atoms with Crippen molar-refractivity contribution in [3.8, 4) is 5.75 Å². The zero-order chi connectivity index (χ0) is 13.8. The minimum Gasteiger partial charge on any atom is -0.496 e. The third-order valence-electron chi connectivity index (χ3n) is 3.13. The molecule has 0 atom stereocenters. The highest BCUT2D eigenvalue weighted by Crippen LogP contribution is 2.21. The van der Waals surface area contributed by atoms with Gasteiger partial charge in [0.1, 0.15) is 5.75 Å². The van der Waals surface area contributed by atoms with Crippen molar-refractivity contribution in [2.75, 3.05) is 26.7 Å². The second kappa shape index (κ2) is 5.73. The Labute approximate surface area is 112 Å². The van der Waals surface area contributed by atoms with Crippen molar-refractivity contribution in [2.45, 2.75) is 13.3 Å². The summed E-state index contributed by atoms with van der Waals surface area (Å²) in [6.45, 7) is 3.23. The number of ether oxygens (including phenoxy) is 1. The molecular formula is C14H18N2O3. The van der Waals surface area contributed by atoms with Crippen LogP contribution in [0.15, 0.2) is 18.2 Å². The molecule has 0 spiro atoms. The lowest BCUT2D eigenvalue weighted by atomic mass is 10.1. The van der Waals surface area contributed by atoms with E-state index in [9.17, 15) is 9.59 Å². The van der Waals surface area contributed by atoms with Crippen LogP contribution in [0, 0.1) is 6.92 Å². The number of carbonyl (C=O) groups excluding carboxylic acids is 2. The molecule has 0 aliphatic carbocycles. The van der Waals surface area contributed by atoms with Crippen LogP contribution in [-0.2, 0) is 4.79 Å². The molecule has 1 aliphatic rings. The second-order valence-corrected chi connectivity index (χ2v) is 4.63. The molecule has 1 saturated heterocycles. The molecule has 0 radical (unpaired) electrons. The zero-order valence-electron chi connectivity index (χ0n) is 11.2. The molecule has 1 aromatic rings. The summed E-state index contributed by atoms with van der Waals surface area (Å²) >= 11 is 0. The third kappa shape index (κ3) is 3.05. The van der Waals surface area contributed by atoms with E-state index in [2.05, 4.69) is 5.32 Å². The Kier molecular flexibility index (Phi) is 4.04.